The second-order valence-corrected chi connectivity index (χ2v) is 8.44. The van der Waals surface area contributed by atoms with E-state index in [0.29, 0.717) is 10.6 Å². The predicted molar refractivity (Wildman–Crippen MR) is 127 cm³/mol. The number of amides is 2. The Hall–Kier alpha value is -3.71. The monoisotopic (exact) mass is 445 g/mol. The van der Waals surface area contributed by atoms with Gasteiger partial charge in [0.25, 0.3) is 5.91 Å². The second-order valence-electron chi connectivity index (χ2n) is 7.44. The number of carbonyl (C=O) groups excluding carboxylic acids is 2. The Labute approximate surface area is 190 Å². The number of aromatic nitrogens is 1. The Morgan fingerprint density at radius 3 is 2.44 bits per heavy atom. The number of rotatable bonds is 5. The summed E-state index contributed by atoms with van der Waals surface area (Å²) in [5, 5.41) is 2.81. The van der Waals surface area contributed by atoms with Gasteiger partial charge in [0.15, 0.2) is 0 Å². The van der Waals surface area contributed by atoms with Crippen LogP contribution in [0.1, 0.15) is 33.8 Å². The van der Waals surface area contributed by atoms with E-state index in [1.54, 1.807) is 21.0 Å². The van der Waals surface area contributed by atoms with Crippen molar-refractivity contribution in [1.29, 1.82) is 0 Å². The third-order valence-corrected chi connectivity index (χ3v) is 6.49. The normalized spacial score (nSPS) is 11.7. The summed E-state index contributed by atoms with van der Waals surface area (Å²) in [6, 6.07) is 21.3. The predicted octanol–water partition coefficient (Wildman–Crippen LogP) is 4.85. The summed E-state index contributed by atoms with van der Waals surface area (Å²) in [7, 11) is 1.63. The lowest BCUT2D eigenvalue weighted by Gasteiger charge is -2.14. The zero-order chi connectivity index (χ0) is 22.7. The van der Waals surface area contributed by atoms with E-state index in [9.17, 15) is 9.59 Å². The molecule has 0 bridgehead atoms. The molecule has 1 atom stereocenters. The number of nitrogens with zero attached hydrogens (tertiary/aromatic N) is 1. The Morgan fingerprint density at radius 1 is 0.969 bits per heavy atom. The van der Waals surface area contributed by atoms with Crippen LogP contribution in [0.25, 0.3) is 21.3 Å². The van der Waals surface area contributed by atoms with Gasteiger partial charge < -0.3 is 4.74 Å². The maximum Gasteiger partial charge on any atom is 0.281 e. The number of carbonyl (C=O) groups is 2. The summed E-state index contributed by atoms with van der Waals surface area (Å²) in [6.07, 6.45) is 0. The van der Waals surface area contributed by atoms with Gasteiger partial charge in [-0.1, -0.05) is 54.6 Å². The van der Waals surface area contributed by atoms with Crippen LogP contribution >= 0.6 is 11.3 Å². The molecule has 0 fully saturated rings. The molecule has 3 aromatic carbocycles. The lowest BCUT2D eigenvalue weighted by atomic mass is 9.97. The molecular weight excluding hydrogens is 422 g/mol. The molecule has 1 aromatic heterocycles. The summed E-state index contributed by atoms with van der Waals surface area (Å²) < 4.78 is 5.26. The van der Waals surface area contributed by atoms with Gasteiger partial charge in [-0.3, -0.25) is 20.4 Å². The molecule has 0 aliphatic carbocycles. The van der Waals surface area contributed by atoms with Gasteiger partial charge in [0.2, 0.25) is 5.91 Å². The topological polar surface area (TPSA) is 80.3 Å². The molecule has 2 N–H and O–H groups in total. The molecule has 0 saturated heterocycles. The smallest absolute Gasteiger partial charge is 0.281 e. The van der Waals surface area contributed by atoms with Crippen molar-refractivity contribution in [2.45, 2.75) is 19.8 Å². The third-order valence-electron chi connectivity index (χ3n) is 5.29. The van der Waals surface area contributed by atoms with Gasteiger partial charge in [0.1, 0.15) is 15.6 Å². The first-order valence-electron chi connectivity index (χ1n) is 10.2. The van der Waals surface area contributed by atoms with Gasteiger partial charge in [-0.05, 0) is 42.3 Å². The van der Waals surface area contributed by atoms with Gasteiger partial charge in [0, 0.05) is 5.56 Å². The van der Waals surface area contributed by atoms with Gasteiger partial charge in [0.05, 0.1) is 18.7 Å². The Kier molecular flexibility index (Phi) is 6.18. The van der Waals surface area contributed by atoms with Crippen LogP contribution in [0.2, 0.25) is 0 Å². The third kappa shape index (κ3) is 4.48. The van der Waals surface area contributed by atoms with Crippen LogP contribution in [0.15, 0.2) is 66.7 Å². The van der Waals surface area contributed by atoms with E-state index in [4.69, 9.17) is 4.74 Å². The van der Waals surface area contributed by atoms with Crippen LogP contribution in [0.4, 0.5) is 0 Å². The molecule has 6 nitrogen and oxygen atoms in total. The number of methoxy groups -OCH3 is 1. The van der Waals surface area contributed by atoms with E-state index in [1.165, 1.54) is 11.3 Å². The fourth-order valence-electron chi connectivity index (χ4n) is 3.38. The first kappa shape index (κ1) is 21.5. The van der Waals surface area contributed by atoms with Gasteiger partial charge in [-0.2, -0.15) is 0 Å². The lowest BCUT2D eigenvalue weighted by molar-refractivity contribution is -0.123. The number of hydrogen-bond acceptors (Lipinski definition) is 5. The van der Waals surface area contributed by atoms with Crippen molar-refractivity contribution in [2.24, 2.45) is 0 Å². The fraction of sp³-hybridized carbons (Fsp3) is 0.160. The summed E-state index contributed by atoms with van der Waals surface area (Å²) in [4.78, 5) is 30.3. The molecule has 1 heterocycles. The highest BCUT2D eigenvalue weighted by molar-refractivity contribution is 7.17. The largest absolute Gasteiger partial charge is 0.497 e. The minimum absolute atomic E-state index is 0.295. The van der Waals surface area contributed by atoms with E-state index < -0.39 is 5.92 Å². The number of aryl methyl sites for hydroxylation is 1. The van der Waals surface area contributed by atoms with Crippen LogP contribution in [0.5, 0.6) is 5.75 Å². The van der Waals surface area contributed by atoms with Crippen molar-refractivity contribution in [3.63, 3.8) is 0 Å². The van der Waals surface area contributed by atoms with E-state index in [2.05, 4.69) is 15.8 Å². The molecule has 7 heteroatoms. The standard InChI is InChI=1S/C25H23N3O3S/c1-15(18-9-10-20-14-21(31-3)12-11-19(20)13-18)23(29)27-28-24(30)22-16(2)26-25(32-22)17-7-5-4-6-8-17/h4-15H,1-3H3,(H,27,29)(H,28,30)/t15-/m0/s1. The van der Waals surface area contributed by atoms with Crippen molar-refractivity contribution < 1.29 is 14.3 Å². The van der Waals surface area contributed by atoms with Crippen molar-refractivity contribution in [3.8, 4) is 16.3 Å². The van der Waals surface area contributed by atoms with Crippen molar-refractivity contribution in [2.75, 3.05) is 7.11 Å². The molecule has 0 aliphatic rings. The Bertz CT molecular complexity index is 1280. The van der Waals surface area contributed by atoms with Crippen molar-refractivity contribution in [1.82, 2.24) is 15.8 Å². The lowest BCUT2D eigenvalue weighted by Crippen LogP contribution is -2.43. The van der Waals surface area contributed by atoms with E-state index in [-0.39, 0.29) is 11.8 Å². The zero-order valence-electron chi connectivity index (χ0n) is 18.0. The van der Waals surface area contributed by atoms with E-state index >= 15 is 0 Å². The van der Waals surface area contributed by atoms with Crippen LogP contribution in [-0.4, -0.2) is 23.9 Å². The van der Waals surface area contributed by atoms with Crippen molar-refractivity contribution >= 4 is 33.9 Å². The average Bonchev–Trinajstić information content (AvgIpc) is 3.23. The number of thiazole rings is 1. The maximum absolute atomic E-state index is 12.7. The van der Waals surface area contributed by atoms with Crippen LogP contribution in [0.3, 0.4) is 0 Å². The number of hydrogen-bond donors (Lipinski definition) is 2. The molecule has 32 heavy (non-hydrogen) atoms. The maximum atomic E-state index is 12.7. The molecule has 162 valence electrons. The minimum Gasteiger partial charge on any atom is -0.497 e. The van der Waals surface area contributed by atoms with E-state index in [0.717, 1.165) is 32.7 Å². The number of ether oxygens (including phenoxy) is 1. The molecule has 0 unspecified atom stereocenters. The molecule has 4 aromatic rings. The van der Waals surface area contributed by atoms with Crippen molar-refractivity contribution in [3.05, 3.63) is 82.9 Å². The first-order valence-corrected chi connectivity index (χ1v) is 11.0. The molecule has 2 amide bonds. The molecular formula is C25H23N3O3S. The van der Waals surface area contributed by atoms with Crippen LogP contribution in [-0.2, 0) is 4.79 Å². The molecule has 0 aliphatic heterocycles. The number of fused-ring (bicyclic) bond motifs is 1. The zero-order valence-corrected chi connectivity index (χ0v) is 18.8. The Balaban J connectivity index is 1.42. The van der Waals surface area contributed by atoms with Gasteiger partial charge >= 0.3 is 0 Å². The second kappa shape index (κ2) is 9.20. The molecule has 4 rings (SSSR count). The number of hydrazine groups is 1. The highest BCUT2D eigenvalue weighted by atomic mass is 32.1. The number of benzene rings is 3. The van der Waals surface area contributed by atoms with Gasteiger partial charge in [-0.25, -0.2) is 4.98 Å². The molecule has 0 saturated carbocycles. The quantitative estimate of drug-likeness (QED) is 0.431. The summed E-state index contributed by atoms with van der Waals surface area (Å²) in [6.45, 7) is 3.59. The fourth-order valence-corrected chi connectivity index (χ4v) is 4.35. The average molecular weight is 446 g/mol. The Morgan fingerprint density at radius 2 is 1.69 bits per heavy atom. The molecule has 0 spiro atoms. The van der Waals surface area contributed by atoms with Crippen LogP contribution in [0, 0.1) is 6.92 Å². The number of nitrogens with one attached hydrogen (secondary N) is 2. The highest BCUT2D eigenvalue weighted by Crippen LogP contribution is 2.28. The highest BCUT2D eigenvalue weighted by Gasteiger charge is 2.19. The first-order chi connectivity index (χ1) is 15.5. The minimum atomic E-state index is -0.441. The summed E-state index contributed by atoms with van der Waals surface area (Å²) in [5.41, 5.74) is 7.49. The molecule has 0 radical (unpaired) electrons. The SMILES string of the molecule is COc1ccc2cc([C@H](C)C(=O)NNC(=O)c3sc(-c4ccccc4)nc3C)ccc2c1. The summed E-state index contributed by atoms with van der Waals surface area (Å²) >= 11 is 1.30. The summed E-state index contributed by atoms with van der Waals surface area (Å²) in [5.74, 6) is -0.332. The van der Waals surface area contributed by atoms with E-state index in [1.807, 2.05) is 66.7 Å². The van der Waals surface area contributed by atoms with Crippen LogP contribution < -0.4 is 15.6 Å². The van der Waals surface area contributed by atoms with Gasteiger partial charge in [-0.15, -0.1) is 11.3 Å².